The van der Waals surface area contributed by atoms with Gasteiger partial charge in [0.1, 0.15) is 5.82 Å². The molecule has 0 aliphatic rings. The Balaban J connectivity index is 2.25. The van der Waals surface area contributed by atoms with Crippen LogP contribution in [0.15, 0.2) is 49.8 Å². The fourth-order valence-electron chi connectivity index (χ4n) is 1.84. The normalized spacial score (nSPS) is 12.5. The van der Waals surface area contributed by atoms with Gasteiger partial charge in [-0.1, -0.05) is 47.8 Å². The number of rotatable bonds is 3. The van der Waals surface area contributed by atoms with Crippen molar-refractivity contribution in [2.24, 2.45) is 5.73 Å². The van der Waals surface area contributed by atoms with Gasteiger partial charge in [0.05, 0.1) is 0 Å². The van der Waals surface area contributed by atoms with Crippen LogP contribution < -0.4 is 5.73 Å². The molecule has 2 aromatic rings. The first-order valence-electron chi connectivity index (χ1n) is 5.61. The molecule has 0 saturated heterocycles. The molecular formula is C14H11Br3FN. The molecule has 0 amide bonds. The predicted molar refractivity (Wildman–Crippen MR) is 86.6 cm³/mol. The Bertz CT molecular complexity index is 581. The third kappa shape index (κ3) is 4.12. The van der Waals surface area contributed by atoms with Gasteiger partial charge < -0.3 is 5.73 Å². The van der Waals surface area contributed by atoms with E-state index in [4.69, 9.17) is 5.73 Å². The Labute approximate surface area is 136 Å². The quantitative estimate of drug-likeness (QED) is 0.668. The maximum atomic E-state index is 13.7. The zero-order valence-electron chi connectivity index (χ0n) is 9.84. The molecule has 2 rings (SSSR count). The van der Waals surface area contributed by atoms with E-state index in [1.807, 2.05) is 18.2 Å². The molecule has 0 heterocycles. The van der Waals surface area contributed by atoms with E-state index in [2.05, 4.69) is 47.8 Å². The lowest BCUT2D eigenvalue weighted by Crippen LogP contribution is -2.14. The number of hydrogen-bond donors (Lipinski definition) is 1. The minimum absolute atomic E-state index is 0.229. The lowest BCUT2D eigenvalue weighted by atomic mass is 9.99. The first kappa shape index (κ1) is 15.2. The average molecular weight is 452 g/mol. The van der Waals surface area contributed by atoms with Crippen molar-refractivity contribution in [3.05, 3.63) is 66.8 Å². The molecule has 2 aromatic carbocycles. The summed E-state index contributed by atoms with van der Waals surface area (Å²) in [5.41, 5.74) is 7.73. The van der Waals surface area contributed by atoms with Crippen molar-refractivity contribution < 1.29 is 4.39 Å². The van der Waals surface area contributed by atoms with Crippen LogP contribution in [-0.2, 0) is 6.42 Å². The Hall–Kier alpha value is -0.230. The largest absolute Gasteiger partial charge is 0.324 e. The van der Waals surface area contributed by atoms with Crippen LogP contribution in [0.2, 0.25) is 0 Å². The lowest BCUT2D eigenvalue weighted by Gasteiger charge is -2.14. The minimum Gasteiger partial charge on any atom is -0.324 e. The molecule has 0 spiro atoms. The van der Waals surface area contributed by atoms with Crippen molar-refractivity contribution in [1.82, 2.24) is 0 Å². The van der Waals surface area contributed by atoms with E-state index in [-0.39, 0.29) is 11.9 Å². The molecule has 0 saturated carbocycles. The molecule has 0 bridgehead atoms. The second kappa shape index (κ2) is 6.48. The summed E-state index contributed by atoms with van der Waals surface area (Å²) in [5, 5.41) is 0. The Morgan fingerprint density at radius 1 is 0.947 bits per heavy atom. The lowest BCUT2D eigenvalue weighted by molar-refractivity contribution is 0.593. The molecule has 0 radical (unpaired) electrons. The topological polar surface area (TPSA) is 26.0 Å². The summed E-state index contributed by atoms with van der Waals surface area (Å²) in [6, 6.07) is 10.5. The summed E-state index contributed by atoms with van der Waals surface area (Å²) in [7, 11) is 0. The van der Waals surface area contributed by atoms with Crippen molar-refractivity contribution in [1.29, 1.82) is 0 Å². The third-order valence-corrected chi connectivity index (χ3v) is 4.17. The maximum Gasteiger partial charge on any atom is 0.126 e. The van der Waals surface area contributed by atoms with Crippen LogP contribution in [-0.4, -0.2) is 0 Å². The molecule has 1 atom stereocenters. The smallest absolute Gasteiger partial charge is 0.126 e. The highest BCUT2D eigenvalue weighted by molar-refractivity contribution is 9.11. The Morgan fingerprint density at radius 3 is 2.21 bits per heavy atom. The molecule has 1 unspecified atom stereocenters. The first-order chi connectivity index (χ1) is 8.95. The fourth-order valence-corrected chi connectivity index (χ4v) is 3.58. The summed E-state index contributed by atoms with van der Waals surface area (Å²) >= 11 is 10.2. The Kier molecular flexibility index (Phi) is 5.17. The van der Waals surface area contributed by atoms with E-state index in [0.29, 0.717) is 12.0 Å². The van der Waals surface area contributed by atoms with Crippen molar-refractivity contribution in [3.8, 4) is 0 Å². The first-order valence-corrected chi connectivity index (χ1v) is 7.99. The monoisotopic (exact) mass is 449 g/mol. The highest BCUT2D eigenvalue weighted by atomic mass is 79.9. The Morgan fingerprint density at radius 2 is 1.58 bits per heavy atom. The van der Waals surface area contributed by atoms with Crippen LogP contribution in [0.5, 0.6) is 0 Å². The van der Waals surface area contributed by atoms with Crippen molar-refractivity contribution in [3.63, 3.8) is 0 Å². The summed E-state index contributed by atoms with van der Waals surface area (Å²) in [4.78, 5) is 0. The van der Waals surface area contributed by atoms with Gasteiger partial charge in [0.25, 0.3) is 0 Å². The van der Waals surface area contributed by atoms with Gasteiger partial charge in [0.2, 0.25) is 0 Å². The zero-order chi connectivity index (χ0) is 14.0. The van der Waals surface area contributed by atoms with Crippen LogP contribution in [0, 0.1) is 5.82 Å². The predicted octanol–water partition coefficient (Wildman–Crippen LogP) is 5.36. The van der Waals surface area contributed by atoms with E-state index in [1.54, 1.807) is 12.1 Å². The summed E-state index contributed by atoms with van der Waals surface area (Å²) in [5.74, 6) is -0.229. The van der Waals surface area contributed by atoms with Gasteiger partial charge in [0.15, 0.2) is 0 Å². The van der Waals surface area contributed by atoms with Gasteiger partial charge in [0, 0.05) is 19.5 Å². The average Bonchev–Trinajstić information content (AvgIpc) is 2.32. The molecule has 19 heavy (non-hydrogen) atoms. The van der Waals surface area contributed by atoms with Crippen LogP contribution in [0.4, 0.5) is 4.39 Å². The van der Waals surface area contributed by atoms with Gasteiger partial charge >= 0.3 is 0 Å². The molecule has 2 N–H and O–H groups in total. The minimum atomic E-state index is -0.252. The highest BCUT2D eigenvalue weighted by Gasteiger charge is 2.12. The molecular weight excluding hydrogens is 441 g/mol. The van der Waals surface area contributed by atoms with Crippen molar-refractivity contribution >= 4 is 47.8 Å². The van der Waals surface area contributed by atoms with Gasteiger partial charge in [-0.3, -0.25) is 0 Å². The number of benzene rings is 2. The second-order valence-electron chi connectivity index (χ2n) is 4.25. The van der Waals surface area contributed by atoms with Gasteiger partial charge in [-0.15, -0.1) is 0 Å². The van der Waals surface area contributed by atoms with Crippen molar-refractivity contribution in [2.45, 2.75) is 12.5 Å². The van der Waals surface area contributed by atoms with Gasteiger partial charge in [-0.05, 0) is 53.9 Å². The molecule has 0 fully saturated rings. The van der Waals surface area contributed by atoms with Crippen LogP contribution in [0.3, 0.4) is 0 Å². The van der Waals surface area contributed by atoms with Gasteiger partial charge in [-0.25, -0.2) is 4.39 Å². The van der Waals surface area contributed by atoms with Crippen LogP contribution >= 0.6 is 47.8 Å². The van der Waals surface area contributed by atoms with Crippen molar-refractivity contribution in [2.75, 3.05) is 0 Å². The molecule has 0 aliphatic carbocycles. The van der Waals surface area contributed by atoms with Crippen LogP contribution in [0.25, 0.3) is 0 Å². The van der Waals surface area contributed by atoms with E-state index < -0.39 is 0 Å². The van der Waals surface area contributed by atoms with E-state index >= 15 is 0 Å². The highest BCUT2D eigenvalue weighted by Crippen LogP contribution is 2.26. The van der Waals surface area contributed by atoms with E-state index in [0.717, 1.165) is 19.0 Å². The molecule has 0 aromatic heterocycles. The third-order valence-electron chi connectivity index (χ3n) is 2.76. The number of halogens is 4. The fraction of sp³-hybridized carbons (Fsp3) is 0.143. The summed E-state index contributed by atoms with van der Waals surface area (Å²) in [6.45, 7) is 0. The molecule has 100 valence electrons. The van der Waals surface area contributed by atoms with E-state index in [9.17, 15) is 4.39 Å². The molecule has 1 nitrogen and oxygen atoms in total. The SMILES string of the molecule is NC(Cc1cc(Br)ccc1F)c1cc(Br)cc(Br)c1. The number of hydrogen-bond acceptors (Lipinski definition) is 1. The van der Waals surface area contributed by atoms with Crippen LogP contribution in [0.1, 0.15) is 17.2 Å². The number of nitrogens with two attached hydrogens (primary N) is 1. The molecule has 0 aliphatic heterocycles. The van der Waals surface area contributed by atoms with E-state index in [1.165, 1.54) is 6.07 Å². The molecule has 5 heteroatoms. The standard InChI is InChI=1S/C14H11Br3FN/c15-10-1-2-13(18)8(3-10)6-14(19)9-4-11(16)7-12(17)5-9/h1-5,7,14H,6,19H2. The summed E-state index contributed by atoms with van der Waals surface area (Å²) in [6.07, 6.45) is 0.453. The second-order valence-corrected chi connectivity index (χ2v) is 7.00. The maximum absolute atomic E-state index is 13.7. The zero-order valence-corrected chi connectivity index (χ0v) is 14.6. The summed E-state index contributed by atoms with van der Waals surface area (Å²) < 4.78 is 16.5. The van der Waals surface area contributed by atoms with Gasteiger partial charge in [-0.2, -0.15) is 0 Å².